The summed E-state index contributed by atoms with van der Waals surface area (Å²) in [6.07, 6.45) is 1.12. The van der Waals surface area contributed by atoms with Gasteiger partial charge in [-0.1, -0.05) is 87.2 Å². The minimum absolute atomic E-state index is 0.0635. The van der Waals surface area contributed by atoms with Crippen LogP contribution >= 0.6 is 11.3 Å². The quantitative estimate of drug-likeness (QED) is 0.131. The summed E-state index contributed by atoms with van der Waals surface area (Å²) in [6.45, 7) is 16.3. The van der Waals surface area contributed by atoms with Crippen LogP contribution in [-0.2, 0) is 14.3 Å². The number of nitrogens with zero attached hydrogens (tertiary/aromatic N) is 2. The third-order valence-electron chi connectivity index (χ3n) is 7.82. The highest BCUT2D eigenvalue weighted by Gasteiger charge is 2.41. The molecule has 0 N–H and O–H groups in total. The summed E-state index contributed by atoms with van der Waals surface area (Å²) in [5.74, 6) is 0.0913. The van der Waals surface area contributed by atoms with Crippen LogP contribution in [0.5, 0.6) is 0 Å². The van der Waals surface area contributed by atoms with E-state index in [0.29, 0.717) is 18.7 Å². The molecule has 0 spiro atoms. The monoisotopic (exact) mass is 580 g/mol. The molecule has 0 amide bonds. The maximum atomic E-state index is 12.4. The van der Waals surface area contributed by atoms with E-state index in [4.69, 9.17) is 9.47 Å². The molecule has 218 valence electrons. The molecule has 3 unspecified atom stereocenters. The van der Waals surface area contributed by atoms with E-state index in [1.165, 1.54) is 16.7 Å². The highest BCUT2D eigenvalue weighted by atomic mass is 32.1. The number of carbonyl (C=O) groups excluding carboxylic acids is 1. The van der Waals surface area contributed by atoms with Crippen molar-refractivity contribution in [2.24, 2.45) is 5.92 Å². The van der Waals surface area contributed by atoms with Gasteiger partial charge in [-0.25, -0.2) is 0 Å². The number of hydrogen-bond acceptors (Lipinski definition) is 6. The molecule has 0 bridgehead atoms. The maximum absolute atomic E-state index is 12.4. The topological polar surface area (TPSA) is 42.0 Å². The number of methoxy groups -OCH3 is 1. The first-order valence-corrected chi connectivity index (χ1v) is 18.9. The van der Waals surface area contributed by atoms with Gasteiger partial charge in [-0.15, -0.1) is 0 Å². The second-order valence-corrected chi connectivity index (χ2v) is 17.2. The first-order valence-electron chi connectivity index (χ1n) is 14.5. The molecule has 3 aromatic rings. The molecule has 0 radical (unpaired) electrons. The van der Waals surface area contributed by atoms with Crippen LogP contribution in [0, 0.1) is 5.92 Å². The van der Waals surface area contributed by atoms with Gasteiger partial charge in [0.25, 0.3) is 0 Å². The van der Waals surface area contributed by atoms with Gasteiger partial charge in [-0.3, -0.25) is 14.3 Å². The Labute approximate surface area is 247 Å². The van der Waals surface area contributed by atoms with E-state index in [9.17, 15) is 4.79 Å². The zero-order valence-corrected chi connectivity index (χ0v) is 27.2. The molecule has 5 nitrogen and oxygen atoms in total. The predicted molar refractivity (Wildman–Crippen MR) is 170 cm³/mol. The molecule has 1 saturated heterocycles. The van der Waals surface area contributed by atoms with Gasteiger partial charge in [0.2, 0.25) is 0 Å². The molecule has 0 aliphatic carbocycles. The summed E-state index contributed by atoms with van der Waals surface area (Å²) in [7, 11) is 0.416. The molecule has 0 saturated carbocycles. The Morgan fingerprint density at radius 3 is 2.12 bits per heavy atom. The molecule has 2 aromatic carbocycles. The Morgan fingerprint density at radius 1 is 1.00 bits per heavy atom. The molecule has 4 rings (SSSR count). The molecule has 1 fully saturated rings. The van der Waals surface area contributed by atoms with Crippen molar-refractivity contribution in [3.63, 3.8) is 0 Å². The SMILES string of the molecule is CCOC(=O)C1CN(C(C)c2ccccc2)CC1c1ccsc1.CC[C@@H](c1ccccc1)N(COC)[Si](C)(C)C. The molecule has 1 aromatic heterocycles. The first kappa shape index (κ1) is 32.2. The van der Waals surface area contributed by atoms with Crippen molar-refractivity contribution in [3.8, 4) is 0 Å². The third kappa shape index (κ3) is 8.60. The molecule has 7 heteroatoms. The van der Waals surface area contributed by atoms with Gasteiger partial charge >= 0.3 is 5.97 Å². The number of ether oxygens (including phenoxy) is 2. The van der Waals surface area contributed by atoms with E-state index < -0.39 is 8.24 Å². The number of thiophene rings is 1. The molecular formula is C33H48N2O3SSi. The lowest BCUT2D eigenvalue weighted by atomic mass is 9.91. The summed E-state index contributed by atoms with van der Waals surface area (Å²) in [5.41, 5.74) is 3.95. The average molecular weight is 581 g/mol. The number of likely N-dealkylation sites (tertiary alicyclic amines) is 1. The van der Waals surface area contributed by atoms with Gasteiger partial charge in [-0.05, 0) is 53.8 Å². The molecule has 1 aliphatic heterocycles. The number of benzene rings is 2. The van der Waals surface area contributed by atoms with Crippen LogP contribution in [0.25, 0.3) is 0 Å². The lowest BCUT2D eigenvalue weighted by Gasteiger charge is -2.40. The van der Waals surface area contributed by atoms with Crippen molar-refractivity contribution < 1.29 is 14.3 Å². The largest absolute Gasteiger partial charge is 0.466 e. The van der Waals surface area contributed by atoms with Crippen molar-refractivity contribution in [2.75, 3.05) is 33.5 Å². The minimum Gasteiger partial charge on any atom is -0.466 e. The highest BCUT2D eigenvalue weighted by molar-refractivity contribution is 7.08. The van der Waals surface area contributed by atoms with Gasteiger partial charge in [0.1, 0.15) is 8.24 Å². The van der Waals surface area contributed by atoms with E-state index in [1.54, 1.807) is 18.4 Å². The predicted octanol–water partition coefficient (Wildman–Crippen LogP) is 7.97. The number of hydrogen-bond donors (Lipinski definition) is 0. The van der Waals surface area contributed by atoms with Gasteiger partial charge in [-0.2, -0.15) is 11.3 Å². The molecule has 2 heterocycles. The Hall–Kier alpha value is -2.29. The normalized spacial score (nSPS) is 19.1. The Bertz CT molecular complexity index is 1120. The van der Waals surface area contributed by atoms with Crippen molar-refractivity contribution in [1.82, 2.24) is 9.47 Å². The van der Waals surface area contributed by atoms with E-state index in [1.807, 2.05) is 13.0 Å². The number of carbonyl (C=O) groups is 1. The van der Waals surface area contributed by atoms with Gasteiger partial charge < -0.3 is 9.47 Å². The Morgan fingerprint density at radius 2 is 1.62 bits per heavy atom. The van der Waals surface area contributed by atoms with Crippen LogP contribution in [0.2, 0.25) is 19.6 Å². The summed E-state index contributed by atoms with van der Waals surface area (Å²) < 4.78 is 13.3. The van der Waals surface area contributed by atoms with Crippen molar-refractivity contribution in [1.29, 1.82) is 0 Å². The summed E-state index contributed by atoms with van der Waals surface area (Å²) in [4.78, 5) is 14.8. The highest BCUT2D eigenvalue weighted by Crippen LogP contribution is 2.38. The molecule has 4 atom stereocenters. The van der Waals surface area contributed by atoms with Crippen LogP contribution in [0.1, 0.15) is 61.9 Å². The van der Waals surface area contributed by atoms with Crippen LogP contribution in [0.3, 0.4) is 0 Å². The van der Waals surface area contributed by atoms with Crippen LogP contribution in [0.4, 0.5) is 0 Å². The maximum Gasteiger partial charge on any atom is 0.310 e. The van der Waals surface area contributed by atoms with Crippen molar-refractivity contribution in [2.45, 2.75) is 64.8 Å². The lowest BCUT2D eigenvalue weighted by Crippen LogP contribution is -2.48. The average Bonchev–Trinajstić information content (AvgIpc) is 3.64. The fourth-order valence-electron chi connectivity index (χ4n) is 5.61. The van der Waals surface area contributed by atoms with Crippen molar-refractivity contribution in [3.05, 3.63) is 94.2 Å². The second-order valence-electron chi connectivity index (χ2n) is 11.5. The van der Waals surface area contributed by atoms with Gasteiger partial charge in [0, 0.05) is 38.2 Å². The molecular weight excluding hydrogens is 533 g/mol. The van der Waals surface area contributed by atoms with E-state index in [2.05, 4.69) is 114 Å². The third-order valence-corrected chi connectivity index (χ3v) is 10.7. The Kier molecular flexibility index (Phi) is 12.6. The van der Waals surface area contributed by atoms with E-state index >= 15 is 0 Å². The summed E-state index contributed by atoms with van der Waals surface area (Å²) >= 11 is 1.69. The van der Waals surface area contributed by atoms with Crippen molar-refractivity contribution >= 4 is 25.5 Å². The standard InChI is InChI=1S/C19H23NO2S.C14H25NOSi/c1-3-22-19(21)18-12-20(11-17(18)16-9-10-23-13-16)14(2)15-7-5-4-6-8-15;1-6-14(13-10-8-7-9-11-13)15(12-16-2)17(3,4)5/h4-10,13-14,17-18H,3,11-12H2,1-2H3;7-11,14H,6,12H2,1-5H3/t;14-/m.0/s1. The van der Waals surface area contributed by atoms with Crippen LogP contribution in [-0.4, -0.2) is 57.2 Å². The summed E-state index contributed by atoms with van der Waals surface area (Å²) in [5, 5.41) is 4.24. The lowest BCUT2D eigenvalue weighted by molar-refractivity contribution is -0.148. The summed E-state index contributed by atoms with van der Waals surface area (Å²) in [6, 6.07) is 24.2. The van der Waals surface area contributed by atoms with E-state index in [0.717, 1.165) is 26.2 Å². The second kappa shape index (κ2) is 15.6. The fraction of sp³-hybridized carbons (Fsp3) is 0.485. The minimum atomic E-state index is -1.37. The van der Waals surface area contributed by atoms with E-state index in [-0.39, 0.29) is 17.8 Å². The fourth-order valence-corrected chi connectivity index (χ4v) is 8.11. The van der Waals surface area contributed by atoms with Crippen LogP contribution < -0.4 is 0 Å². The van der Waals surface area contributed by atoms with Crippen LogP contribution in [0.15, 0.2) is 77.5 Å². The zero-order chi connectivity index (χ0) is 29.1. The number of esters is 1. The number of rotatable bonds is 11. The zero-order valence-electron chi connectivity index (χ0n) is 25.4. The van der Waals surface area contributed by atoms with Gasteiger partial charge in [0.05, 0.1) is 19.3 Å². The van der Waals surface area contributed by atoms with Gasteiger partial charge in [0.15, 0.2) is 0 Å². The molecule has 1 aliphatic rings. The smallest absolute Gasteiger partial charge is 0.310 e. The first-order chi connectivity index (χ1) is 19.2. The Balaban J connectivity index is 0.000000232. The molecule has 40 heavy (non-hydrogen) atoms.